The number of carbonyl (C=O) groups is 2. The number of carbonyl (C=O) groups excluding carboxylic acids is 2. The van der Waals surface area contributed by atoms with E-state index in [0.29, 0.717) is 6.54 Å². The van der Waals surface area contributed by atoms with Crippen LogP contribution >= 0.6 is 0 Å². The highest BCUT2D eigenvalue weighted by Crippen LogP contribution is 2.27. The van der Waals surface area contributed by atoms with Gasteiger partial charge in [-0.1, -0.05) is 6.58 Å². The quantitative estimate of drug-likeness (QED) is 0.593. The second kappa shape index (κ2) is 3.44. The van der Waals surface area contributed by atoms with Crippen molar-refractivity contribution in [2.45, 2.75) is 18.9 Å². The zero-order chi connectivity index (χ0) is 10.1. The summed E-state index contributed by atoms with van der Waals surface area (Å²) in [6, 6.07) is 0.0572. The Morgan fingerprint density at radius 2 is 2.43 bits per heavy atom. The Morgan fingerprint density at radius 3 is 3.14 bits per heavy atom. The summed E-state index contributed by atoms with van der Waals surface area (Å²) in [6.45, 7) is 4.82. The summed E-state index contributed by atoms with van der Waals surface area (Å²) in [5.41, 5.74) is 0. The molecule has 2 atom stereocenters. The van der Waals surface area contributed by atoms with E-state index in [-0.39, 0.29) is 23.8 Å². The van der Waals surface area contributed by atoms with Crippen LogP contribution in [0, 0.1) is 5.92 Å². The Kier molecular flexibility index (Phi) is 2.27. The minimum absolute atomic E-state index is 0.00708. The van der Waals surface area contributed by atoms with E-state index >= 15 is 0 Å². The van der Waals surface area contributed by atoms with Crippen LogP contribution in [0.15, 0.2) is 12.7 Å². The minimum atomic E-state index is -0.0591. The van der Waals surface area contributed by atoms with Crippen LogP contribution in [0.1, 0.15) is 12.8 Å². The molecule has 76 valence electrons. The fourth-order valence-corrected chi connectivity index (χ4v) is 2.34. The maximum atomic E-state index is 11.5. The van der Waals surface area contributed by atoms with Crippen molar-refractivity contribution in [2.24, 2.45) is 5.92 Å². The summed E-state index contributed by atoms with van der Waals surface area (Å²) in [5, 5.41) is 2.80. The summed E-state index contributed by atoms with van der Waals surface area (Å²) in [6.07, 6.45) is 3.14. The number of piperidine rings is 1. The van der Waals surface area contributed by atoms with Gasteiger partial charge in [0.05, 0.1) is 12.0 Å². The molecule has 0 aliphatic carbocycles. The summed E-state index contributed by atoms with van der Waals surface area (Å²) in [4.78, 5) is 24.6. The molecule has 2 fully saturated rings. The third-order valence-corrected chi connectivity index (χ3v) is 3.06. The van der Waals surface area contributed by atoms with Crippen LogP contribution in [0.2, 0.25) is 0 Å². The van der Waals surface area contributed by atoms with Crippen molar-refractivity contribution in [3.63, 3.8) is 0 Å². The number of likely N-dealkylation sites (tertiary alicyclic amines) is 1. The van der Waals surface area contributed by atoms with Gasteiger partial charge in [0, 0.05) is 13.1 Å². The second-order valence-corrected chi connectivity index (χ2v) is 3.80. The fourth-order valence-electron chi connectivity index (χ4n) is 2.34. The van der Waals surface area contributed by atoms with E-state index in [0.717, 1.165) is 19.4 Å². The highest BCUT2D eigenvalue weighted by Gasteiger charge is 2.41. The van der Waals surface area contributed by atoms with E-state index in [2.05, 4.69) is 11.9 Å². The summed E-state index contributed by atoms with van der Waals surface area (Å²) in [5.74, 6) is 0.0420. The highest BCUT2D eigenvalue weighted by molar-refractivity contribution is 5.89. The Balaban J connectivity index is 2.16. The largest absolute Gasteiger partial charge is 0.354 e. The van der Waals surface area contributed by atoms with E-state index in [1.54, 1.807) is 4.90 Å². The first-order valence-electron chi connectivity index (χ1n) is 4.95. The van der Waals surface area contributed by atoms with Gasteiger partial charge in [-0.25, -0.2) is 0 Å². The van der Waals surface area contributed by atoms with Crippen molar-refractivity contribution in [1.29, 1.82) is 0 Å². The highest BCUT2D eigenvalue weighted by atomic mass is 16.2. The first kappa shape index (κ1) is 9.24. The molecule has 14 heavy (non-hydrogen) atoms. The van der Waals surface area contributed by atoms with E-state index < -0.39 is 0 Å². The first-order valence-corrected chi connectivity index (χ1v) is 4.95. The molecule has 0 saturated carbocycles. The zero-order valence-electron chi connectivity index (χ0n) is 8.03. The average molecular weight is 194 g/mol. The number of nitrogens with zero attached hydrogens (tertiary/aromatic N) is 1. The van der Waals surface area contributed by atoms with Crippen LogP contribution in [0.5, 0.6) is 0 Å². The van der Waals surface area contributed by atoms with Gasteiger partial charge in [0.2, 0.25) is 11.8 Å². The lowest BCUT2D eigenvalue weighted by molar-refractivity contribution is -0.132. The summed E-state index contributed by atoms with van der Waals surface area (Å²) < 4.78 is 0. The average Bonchev–Trinajstić information content (AvgIpc) is 2.59. The summed E-state index contributed by atoms with van der Waals surface area (Å²) in [7, 11) is 0. The molecule has 2 aliphatic heterocycles. The van der Waals surface area contributed by atoms with Crippen molar-refractivity contribution < 1.29 is 9.59 Å². The fraction of sp³-hybridized carbons (Fsp3) is 0.600. The van der Waals surface area contributed by atoms with Gasteiger partial charge < -0.3 is 10.2 Å². The molecule has 4 nitrogen and oxygen atoms in total. The van der Waals surface area contributed by atoms with Crippen molar-refractivity contribution in [3.05, 3.63) is 12.7 Å². The van der Waals surface area contributed by atoms with Crippen LogP contribution in [0.25, 0.3) is 0 Å². The number of fused-ring (bicyclic) bond motifs is 1. The molecular formula is C10H14N2O2. The SMILES string of the molecule is C=CC(=O)N1CCC[C@H]2C(=O)NC[C@H]21. The molecule has 0 unspecified atom stereocenters. The van der Waals surface area contributed by atoms with Gasteiger partial charge in [-0.3, -0.25) is 9.59 Å². The third-order valence-electron chi connectivity index (χ3n) is 3.06. The normalized spacial score (nSPS) is 30.9. The lowest BCUT2D eigenvalue weighted by atomic mass is 9.91. The molecule has 2 rings (SSSR count). The van der Waals surface area contributed by atoms with Crippen molar-refractivity contribution in [2.75, 3.05) is 13.1 Å². The molecule has 0 bridgehead atoms. The molecule has 2 saturated heterocycles. The van der Waals surface area contributed by atoms with Crippen LogP contribution in [-0.2, 0) is 9.59 Å². The van der Waals surface area contributed by atoms with Gasteiger partial charge in [-0.05, 0) is 18.9 Å². The van der Waals surface area contributed by atoms with Crippen molar-refractivity contribution in [1.82, 2.24) is 10.2 Å². The molecule has 1 N–H and O–H groups in total. The summed E-state index contributed by atoms with van der Waals surface area (Å²) >= 11 is 0. The molecule has 0 aromatic heterocycles. The Labute approximate surface area is 83.0 Å². The van der Waals surface area contributed by atoms with Crippen molar-refractivity contribution in [3.8, 4) is 0 Å². The number of amides is 2. The van der Waals surface area contributed by atoms with Gasteiger partial charge in [0.1, 0.15) is 0 Å². The van der Waals surface area contributed by atoms with Crippen molar-refractivity contribution >= 4 is 11.8 Å². The predicted octanol–water partition coefficient (Wildman–Crippen LogP) is -0.0906. The van der Waals surface area contributed by atoms with Crippen LogP contribution in [0.4, 0.5) is 0 Å². The standard InChI is InChI=1S/C10H14N2O2/c1-2-9(13)12-5-3-4-7-8(12)6-11-10(7)14/h2,7-8H,1,3-6H2,(H,11,14)/t7-,8-/m1/s1. The van der Waals surface area contributed by atoms with Gasteiger partial charge in [0.25, 0.3) is 0 Å². The predicted molar refractivity (Wildman–Crippen MR) is 51.4 cm³/mol. The topological polar surface area (TPSA) is 49.4 Å². The second-order valence-electron chi connectivity index (χ2n) is 3.80. The number of nitrogens with one attached hydrogen (secondary N) is 1. The van der Waals surface area contributed by atoms with Gasteiger partial charge in [0.15, 0.2) is 0 Å². The van der Waals surface area contributed by atoms with Crippen LogP contribution in [-0.4, -0.2) is 35.8 Å². The number of hydrogen-bond donors (Lipinski definition) is 1. The maximum Gasteiger partial charge on any atom is 0.246 e. The lowest BCUT2D eigenvalue weighted by Crippen LogP contribution is -2.48. The Bertz CT molecular complexity index is 288. The molecule has 0 aromatic carbocycles. The zero-order valence-corrected chi connectivity index (χ0v) is 8.03. The molecular weight excluding hydrogens is 180 g/mol. The van der Waals surface area contributed by atoms with E-state index in [9.17, 15) is 9.59 Å². The van der Waals surface area contributed by atoms with Crippen LogP contribution < -0.4 is 5.32 Å². The number of hydrogen-bond acceptors (Lipinski definition) is 2. The maximum absolute atomic E-state index is 11.5. The van der Waals surface area contributed by atoms with Gasteiger partial charge >= 0.3 is 0 Å². The molecule has 0 spiro atoms. The monoisotopic (exact) mass is 194 g/mol. The molecule has 2 heterocycles. The number of rotatable bonds is 1. The van der Waals surface area contributed by atoms with E-state index in [1.807, 2.05) is 0 Å². The Morgan fingerprint density at radius 1 is 1.64 bits per heavy atom. The lowest BCUT2D eigenvalue weighted by Gasteiger charge is -2.35. The molecule has 2 aliphatic rings. The molecule has 4 heteroatoms. The molecule has 2 amide bonds. The van der Waals surface area contributed by atoms with Gasteiger partial charge in [-0.15, -0.1) is 0 Å². The third kappa shape index (κ3) is 1.31. The van der Waals surface area contributed by atoms with Crippen LogP contribution in [0.3, 0.4) is 0 Å². The van der Waals surface area contributed by atoms with Gasteiger partial charge in [-0.2, -0.15) is 0 Å². The minimum Gasteiger partial charge on any atom is -0.354 e. The molecule has 0 radical (unpaired) electrons. The van der Waals surface area contributed by atoms with E-state index in [1.165, 1.54) is 6.08 Å². The Hall–Kier alpha value is -1.32. The van der Waals surface area contributed by atoms with E-state index in [4.69, 9.17) is 0 Å². The molecule has 0 aromatic rings. The smallest absolute Gasteiger partial charge is 0.246 e. The first-order chi connectivity index (χ1) is 6.74.